The Kier molecular flexibility index (Phi) is 6.56. The molecule has 5 rings (SSSR count). The van der Waals surface area contributed by atoms with E-state index < -0.39 is 5.91 Å². The summed E-state index contributed by atoms with van der Waals surface area (Å²) >= 11 is 0. The molecule has 2 aromatic heterocycles. The number of benzene rings is 3. The molecule has 0 unspecified atom stereocenters. The minimum Gasteiger partial charge on any atom is -0.505 e. The quantitative estimate of drug-likeness (QED) is 0.192. The number of phenols is 1. The van der Waals surface area contributed by atoms with Crippen LogP contribution in [-0.2, 0) is 5.41 Å². The molecule has 10 heteroatoms. The topological polar surface area (TPSA) is 122 Å². The van der Waals surface area contributed by atoms with Crippen LogP contribution in [0.2, 0.25) is 0 Å². The van der Waals surface area contributed by atoms with Gasteiger partial charge in [-0.1, -0.05) is 57.2 Å². The highest BCUT2D eigenvalue weighted by Gasteiger charge is 2.20. The molecule has 0 fully saturated rings. The van der Waals surface area contributed by atoms with Gasteiger partial charge in [-0.15, -0.1) is 10.2 Å². The van der Waals surface area contributed by atoms with Gasteiger partial charge in [0.1, 0.15) is 5.69 Å². The largest absolute Gasteiger partial charge is 0.505 e. The Bertz CT molecular complexity index is 1750. The Morgan fingerprint density at radius 2 is 1.74 bits per heavy atom. The average molecular weight is 517 g/mol. The lowest BCUT2D eigenvalue weighted by molar-refractivity contribution is 0.102. The van der Waals surface area contributed by atoms with Gasteiger partial charge in [-0.05, 0) is 40.6 Å². The predicted molar refractivity (Wildman–Crippen MR) is 148 cm³/mol. The molecule has 2 N–H and O–H groups in total. The molecule has 0 atom stereocenters. The van der Waals surface area contributed by atoms with Crippen molar-refractivity contribution in [3.8, 4) is 11.7 Å². The van der Waals surface area contributed by atoms with Gasteiger partial charge in [0, 0.05) is 23.5 Å². The number of azo groups is 1. The fourth-order valence-corrected chi connectivity index (χ4v) is 3.99. The van der Waals surface area contributed by atoms with Crippen molar-refractivity contribution in [2.24, 2.45) is 10.2 Å². The molecule has 5 aromatic rings. The number of phenolic OH excluding ortho intramolecular Hbond substituents is 1. The predicted octanol–water partition coefficient (Wildman–Crippen LogP) is 7.04. The van der Waals surface area contributed by atoms with E-state index in [1.807, 2.05) is 36.4 Å². The SMILES string of the molecule is [C-]#[N+]c1cnn(-c2ncccn2)c1N=Nc1c(O)c(C(=O)Nc2ccc(C(C)(C)C)cc2)cc2ccccc12. The molecule has 0 bridgehead atoms. The number of hydrogen-bond acceptors (Lipinski definition) is 7. The lowest BCUT2D eigenvalue weighted by Gasteiger charge is -2.19. The maximum Gasteiger partial charge on any atom is 0.259 e. The van der Waals surface area contributed by atoms with E-state index in [1.165, 1.54) is 10.9 Å². The minimum atomic E-state index is -0.497. The molecule has 0 spiro atoms. The lowest BCUT2D eigenvalue weighted by Crippen LogP contribution is -2.14. The van der Waals surface area contributed by atoms with Crippen molar-refractivity contribution in [3.05, 3.63) is 102 Å². The summed E-state index contributed by atoms with van der Waals surface area (Å²) in [5, 5.41) is 28.0. The van der Waals surface area contributed by atoms with Crippen molar-refractivity contribution in [1.82, 2.24) is 19.7 Å². The Balaban J connectivity index is 1.55. The number of nitrogens with one attached hydrogen (secondary N) is 1. The van der Waals surface area contributed by atoms with Gasteiger partial charge in [0.25, 0.3) is 17.5 Å². The summed E-state index contributed by atoms with van der Waals surface area (Å²) in [6.07, 6.45) is 4.42. The Morgan fingerprint density at radius 3 is 2.44 bits per heavy atom. The maximum atomic E-state index is 13.3. The van der Waals surface area contributed by atoms with Crippen LogP contribution in [0.1, 0.15) is 36.7 Å². The second-order valence-electron chi connectivity index (χ2n) is 9.75. The second-order valence-corrected chi connectivity index (χ2v) is 9.75. The Morgan fingerprint density at radius 1 is 1.03 bits per heavy atom. The van der Waals surface area contributed by atoms with Crippen molar-refractivity contribution in [2.45, 2.75) is 26.2 Å². The molecule has 0 aliphatic heterocycles. The van der Waals surface area contributed by atoms with Crippen LogP contribution < -0.4 is 5.32 Å². The van der Waals surface area contributed by atoms with E-state index >= 15 is 0 Å². The van der Waals surface area contributed by atoms with Crippen LogP contribution in [0.15, 0.2) is 89.5 Å². The monoisotopic (exact) mass is 516 g/mol. The number of carbonyl (C=O) groups is 1. The van der Waals surface area contributed by atoms with Crippen molar-refractivity contribution in [3.63, 3.8) is 0 Å². The Hall–Kier alpha value is -5.43. The molecule has 0 radical (unpaired) electrons. The highest BCUT2D eigenvalue weighted by atomic mass is 16.3. The van der Waals surface area contributed by atoms with Crippen LogP contribution in [0.4, 0.5) is 22.9 Å². The first-order valence-corrected chi connectivity index (χ1v) is 12.1. The molecule has 0 saturated heterocycles. The molecule has 1 amide bonds. The summed E-state index contributed by atoms with van der Waals surface area (Å²) in [5.41, 5.74) is 1.95. The fraction of sp³-hybridized carbons (Fsp3) is 0.138. The Labute approximate surface area is 224 Å². The zero-order valence-electron chi connectivity index (χ0n) is 21.5. The highest BCUT2D eigenvalue weighted by molar-refractivity contribution is 6.11. The zero-order chi connectivity index (χ0) is 27.6. The van der Waals surface area contributed by atoms with E-state index in [1.54, 1.807) is 36.7 Å². The van der Waals surface area contributed by atoms with Crippen LogP contribution in [-0.4, -0.2) is 30.8 Å². The molecular formula is C29H24N8O2. The molecule has 0 aliphatic carbocycles. The number of rotatable bonds is 5. The molecule has 0 saturated carbocycles. The van der Waals surface area contributed by atoms with Crippen molar-refractivity contribution in [1.29, 1.82) is 0 Å². The third-order valence-electron chi connectivity index (χ3n) is 6.08. The maximum absolute atomic E-state index is 13.3. The molecule has 3 aromatic carbocycles. The van der Waals surface area contributed by atoms with E-state index in [-0.39, 0.29) is 39.9 Å². The number of fused-ring (bicyclic) bond motifs is 1. The highest BCUT2D eigenvalue weighted by Crippen LogP contribution is 2.40. The number of anilines is 1. The summed E-state index contributed by atoms with van der Waals surface area (Å²) in [6, 6.07) is 18.0. The molecule has 0 aliphatic rings. The number of amides is 1. The molecular weight excluding hydrogens is 492 g/mol. The lowest BCUT2D eigenvalue weighted by atomic mass is 9.87. The second kappa shape index (κ2) is 10.1. The van der Waals surface area contributed by atoms with Crippen LogP contribution >= 0.6 is 0 Å². The minimum absolute atomic E-state index is 0.0197. The molecule has 39 heavy (non-hydrogen) atoms. The number of aromatic hydroxyl groups is 1. The van der Waals surface area contributed by atoms with Gasteiger partial charge in [0.2, 0.25) is 0 Å². The van der Waals surface area contributed by atoms with Crippen molar-refractivity contribution < 1.29 is 9.90 Å². The normalized spacial score (nSPS) is 11.5. The third kappa shape index (κ3) is 5.06. The number of carbonyl (C=O) groups excluding carboxylic acids is 1. The van der Waals surface area contributed by atoms with Crippen LogP contribution in [0.3, 0.4) is 0 Å². The van der Waals surface area contributed by atoms with E-state index in [4.69, 9.17) is 6.57 Å². The fourth-order valence-electron chi connectivity index (χ4n) is 3.99. The molecule has 10 nitrogen and oxygen atoms in total. The first kappa shape index (κ1) is 25.2. The standard InChI is InChI=1S/C29H24N8O2/c1-29(2,3)19-10-12-20(13-11-19)34-27(39)22-16-18-8-5-6-9-21(18)24(25(22)38)35-36-26-23(30-4)17-33-37(26)28-31-14-7-15-32-28/h5-17,38H,1-3H3,(H,34,39). The van der Waals surface area contributed by atoms with Crippen LogP contribution in [0, 0.1) is 6.57 Å². The van der Waals surface area contributed by atoms with Gasteiger partial charge in [-0.2, -0.15) is 9.78 Å². The van der Waals surface area contributed by atoms with Gasteiger partial charge < -0.3 is 10.4 Å². The number of hydrogen-bond donors (Lipinski definition) is 2. The van der Waals surface area contributed by atoms with Crippen LogP contribution in [0.5, 0.6) is 5.75 Å². The molecule has 192 valence electrons. The first-order chi connectivity index (χ1) is 18.8. The van der Waals surface area contributed by atoms with Gasteiger partial charge in [0.15, 0.2) is 11.6 Å². The van der Waals surface area contributed by atoms with E-state index in [0.717, 1.165) is 5.56 Å². The molecule has 2 heterocycles. The van der Waals surface area contributed by atoms with Gasteiger partial charge in [-0.25, -0.2) is 14.8 Å². The average Bonchev–Trinajstić information content (AvgIpc) is 3.35. The third-order valence-corrected chi connectivity index (χ3v) is 6.08. The van der Waals surface area contributed by atoms with E-state index in [0.29, 0.717) is 16.5 Å². The van der Waals surface area contributed by atoms with Crippen LogP contribution in [0.25, 0.3) is 21.6 Å². The summed E-state index contributed by atoms with van der Waals surface area (Å²) in [7, 11) is 0. The summed E-state index contributed by atoms with van der Waals surface area (Å²) in [6.45, 7) is 13.8. The van der Waals surface area contributed by atoms with Gasteiger partial charge >= 0.3 is 0 Å². The summed E-state index contributed by atoms with van der Waals surface area (Å²) in [5.74, 6) is -0.537. The number of aromatic nitrogens is 4. The van der Waals surface area contributed by atoms with E-state index in [2.05, 4.69) is 56.2 Å². The smallest absolute Gasteiger partial charge is 0.259 e. The summed E-state index contributed by atoms with van der Waals surface area (Å²) < 4.78 is 1.29. The number of nitrogens with zero attached hydrogens (tertiary/aromatic N) is 7. The van der Waals surface area contributed by atoms with Gasteiger partial charge in [-0.3, -0.25) is 4.79 Å². The van der Waals surface area contributed by atoms with Gasteiger partial charge in [0.05, 0.1) is 18.3 Å². The summed E-state index contributed by atoms with van der Waals surface area (Å²) in [4.78, 5) is 25.0. The van der Waals surface area contributed by atoms with Crippen molar-refractivity contribution >= 4 is 39.6 Å². The van der Waals surface area contributed by atoms with E-state index in [9.17, 15) is 9.90 Å². The zero-order valence-corrected chi connectivity index (χ0v) is 21.5. The van der Waals surface area contributed by atoms with Crippen molar-refractivity contribution in [2.75, 3.05) is 5.32 Å². The first-order valence-electron chi connectivity index (χ1n) is 12.1.